The first-order chi connectivity index (χ1) is 18.9. The van der Waals surface area contributed by atoms with Gasteiger partial charge in [0.25, 0.3) is 0 Å². The first kappa shape index (κ1) is 29.6. The molecule has 0 saturated heterocycles. The van der Waals surface area contributed by atoms with E-state index < -0.39 is 39.6 Å². The Labute approximate surface area is 232 Å². The number of nitrogens with zero attached hydrogens (tertiary/aromatic N) is 5. The van der Waals surface area contributed by atoms with Gasteiger partial charge in [-0.25, -0.2) is 27.2 Å². The van der Waals surface area contributed by atoms with Crippen molar-refractivity contribution in [3.05, 3.63) is 47.8 Å². The van der Waals surface area contributed by atoms with Gasteiger partial charge in [-0.3, -0.25) is 9.29 Å². The van der Waals surface area contributed by atoms with Crippen molar-refractivity contribution in [3.63, 3.8) is 0 Å². The fraction of sp³-hybridized carbons (Fsp3) is 0.538. The Morgan fingerprint density at radius 3 is 2.23 bits per heavy atom. The van der Waals surface area contributed by atoms with E-state index >= 15 is 0 Å². The highest BCUT2D eigenvalue weighted by molar-refractivity contribution is 7.93. The van der Waals surface area contributed by atoms with Crippen LogP contribution in [0.1, 0.15) is 69.3 Å². The predicted octanol–water partition coefficient (Wildman–Crippen LogP) is 4.58. The molecule has 40 heavy (non-hydrogen) atoms. The maximum absolute atomic E-state index is 14.2. The average molecular weight is 581 g/mol. The molecule has 0 radical (unpaired) electrons. The number of hydrogen-bond donors (Lipinski definition) is 1. The summed E-state index contributed by atoms with van der Waals surface area (Å²) in [7, 11) is -1.35. The molecule has 2 aromatic heterocycles. The molecule has 1 saturated carbocycles. The molecule has 11 nitrogen and oxygen atoms in total. The van der Waals surface area contributed by atoms with Crippen molar-refractivity contribution >= 4 is 16.0 Å². The summed E-state index contributed by atoms with van der Waals surface area (Å²) in [5, 5.41) is 7.10. The molecule has 0 unspecified atom stereocenters. The minimum Gasteiger partial charge on any atom is -0.494 e. The Balaban J connectivity index is 1.80. The molecule has 3 aromatic rings. The second-order valence-corrected chi connectivity index (χ2v) is 12.1. The lowest BCUT2D eigenvalue weighted by molar-refractivity contribution is 0.00149. The molecule has 1 aliphatic rings. The van der Waals surface area contributed by atoms with E-state index in [9.17, 15) is 17.2 Å². The first-order valence-corrected chi connectivity index (χ1v) is 14.4. The van der Waals surface area contributed by atoms with Crippen LogP contribution in [0.3, 0.4) is 0 Å². The number of alkyl halides is 2. The van der Waals surface area contributed by atoms with Crippen LogP contribution in [0, 0.1) is 6.92 Å². The number of nitrogens with one attached hydrogen (secondary N) is 1. The molecule has 2 heterocycles. The number of para-hydroxylation sites is 1. The van der Waals surface area contributed by atoms with Gasteiger partial charge >= 0.3 is 0 Å². The highest BCUT2D eigenvalue weighted by Crippen LogP contribution is 2.46. The zero-order valence-electron chi connectivity index (χ0n) is 23.3. The Morgan fingerprint density at radius 1 is 1.07 bits per heavy atom. The van der Waals surface area contributed by atoms with E-state index in [4.69, 9.17) is 14.2 Å². The van der Waals surface area contributed by atoms with Gasteiger partial charge < -0.3 is 14.2 Å². The van der Waals surface area contributed by atoms with E-state index in [1.807, 2.05) is 6.92 Å². The van der Waals surface area contributed by atoms with Crippen LogP contribution >= 0.6 is 0 Å². The fourth-order valence-corrected chi connectivity index (χ4v) is 5.76. The smallest absolute Gasteiger partial charge is 0.248 e. The van der Waals surface area contributed by atoms with Crippen LogP contribution in [0.2, 0.25) is 0 Å². The van der Waals surface area contributed by atoms with Gasteiger partial charge in [-0.1, -0.05) is 6.07 Å². The highest BCUT2D eigenvalue weighted by Gasteiger charge is 2.43. The lowest BCUT2D eigenvalue weighted by Crippen LogP contribution is -2.35. The average Bonchev–Trinajstić information content (AvgIpc) is 3.48. The Bertz CT molecular complexity index is 1410. The molecule has 14 heteroatoms. The maximum Gasteiger partial charge on any atom is 0.248 e. The summed E-state index contributed by atoms with van der Waals surface area (Å²) in [4.78, 5) is 8.58. The van der Waals surface area contributed by atoms with Crippen molar-refractivity contribution in [2.45, 2.75) is 76.3 Å². The van der Waals surface area contributed by atoms with E-state index in [1.54, 1.807) is 44.4 Å². The van der Waals surface area contributed by atoms with Crippen LogP contribution in [0.5, 0.6) is 11.5 Å². The van der Waals surface area contributed by atoms with Crippen LogP contribution in [0.15, 0.2) is 30.6 Å². The Hall–Kier alpha value is -3.39. The molecule has 3 atom stereocenters. The number of aryl methyl sites for hydroxylation is 1. The molecule has 1 aromatic carbocycles. The molecule has 1 N–H and O–H groups in total. The van der Waals surface area contributed by atoms with Crippen LogP contribution < -0.4 is 14.2 Å². The van der Waals surface area contributed by atoms with Crippen molar-refractivity contribution in [2.24, 2.45) is 0 Å². The molecule has 218 valence electrons. The minimum atomic E-state index is -4.23. The number of methoxy groups -OCH3 is 2. The van der Waals surface area contributed by atoms with E-state index in [0.29, 0.717) is 11.5 Å². The molecule has 0 bridgehead atoms. The number of halogens is 2. The van der Waals surface area contributed by atoms with Crippen molar-refractivity contribution in [3.8, 4) is 17.2 Å². The van der Waals surface area contributed by atoms with Crippen LogP contribution in [0.25, 0.3) is 5.69 Å². The number of aromatic nitrogens is 5. The molecular weight excluding hydrogens is 546 g/mol. The number of ether oxygens (including phenoxy) is 3. The lowest BCUT2D eigenvalue weighted by Gasteiger charge is -2.26. The molecular formula is C26H34F2N6O5S. The maximum atomic E-state index is 14.2. The third-order valence-corrected chi connectivity index (χ3v) is 8.40. The van der Waals surface area contributed by atoms with Gasteiger partial charge in [0.2, 0.25) is 21.9 Å². The molecule has 0 amide bonds. The summed E-state index contributed by atoms with van der Waals surface area (Å²) >= 11 is 0. The zero-order valence-corrected chi connectivity index (χ0v) is 24.1. The highest BCUT2D eigenvalue weighted by atomic mass is 32.2. The topological polar surface area (TPSA) is 130 Å². The third-order valence-electron chi connectivity index (χ3n) is 6.71. The molecule has 4 rings (SSSR count). The SMILES string of the molecule is COc1cccc(OC)c1-n1c(NS(=O)(=O)[C@@H](C)[C@@H](OC(C)C)c2ncc(C)cn2)nnc1[C@H]1CCC(F)(F)C1. The zero-order chi connectivity index (χ0) is 29.2. The van der Waals surface area contributed by atoms with Gasteiger partial charge in [-0.05, 0) is 51.8 Å². The van der Waals surface area contributed by atoms with Gasteiger partial charge in [-0.15, -0.1) is 10.2 Å². The van der Waals surface area contributed by atoms with E-state index in [2.05, 4.69) is 24.9 Å². The number of sulfonamides is 1. The van der Waals surface area contributed by atoms with Gasteiger partial charge in [-0.2, -0.15) is 0 Å². The third kappa shape index (κ3) is 6.17. The van der Waals surface area contributed by atoms with Crippen LogP contribution in [-0.4, -0.2) is 64.6 Å². The molecule has 1 aliphatic carbocycles. The lowest BCUT2D eigenvalue weighted by atomic mass is 10.1. The minimum absolute atomic E-state index is 0.154. The van der Waals surface area contributed by atoms with Crippen molar-refractivity contribution in [1.82, 2.24) is 24.7 Å². The van der Waals surface area contributed by atoms with Gasteiger partial charge in [0.05, 0.1) is 20.3 Å². The summed E-state index contributed by atoms with van der Waals surface area (Å²) in [5.74, 6) is -2.74. The van der Waals surface area contributed by atoms with Gasteiger partial charge in [0.1, 0.15) is 34.4 Å². The number of benzene rings is 1. The number of anilines is 1. The van der Waals surface area contributed by atoms with Crippen molar-refractivity contribution < 1.29 is 31.4 Å². The second-order valence-electron chi connectivity index (χ2n) is 10.1. The summed E-state index contributed by atoms with van der Waals surface area (Å²) < 4.78 is 76.9. The van der Waals surface area contributed by atoms with Crippen LogP contribution in [-0.2, 0) is 14.8 Å². The second kappa shape index (κ2) is 11.6. The Morgan fingerprint density at radius 2 is 1.70 bits per heavy atom. The van der Waals surface area contributed by atoms with E-state index in [0.717, 1.165) is 5.56 Å². The molecule has 0 aliphatic heterocycles. The van der Waals surface area contributed by atoms with E-state index in [-0.39, 0.29) is 42.2 Å². The Kier molecular flexibility index (Phi) is 8.59. The number of rotatable bonds is 11. The summed E-state index contributed by atoms with van der Waals surface area (Å²) in [6, 6.07) is 4.98. The predicted molar refractivity (Wildman–Crippen MR) is 144 cm³/mol. The molecule has 1 fully saturated rings. The monoisotopic (exact) mass is 580 g/mol. The van der Waals surface area contributed by atoms with Crippen molar-refractivity contribution in [1.29, 1.82) is 0 Å². The summed E-state index contributed by atoms with van der Waals surface area (Å²) in [5.41, 5.74) is 1.09. The van der Waals surface area contributed by atoms with E-state index in [1.165, 1.54) is 25.7 Å². The van der Waals surface area contributed by atoms with Gasteiger partial charge in [0.15, 0.2) is 5.82 Å². The first-order valence-electron chi connectivity index (χ1n) is 12.9. The largest absolute Gasteiger partial charge is 0.494 e. The van der Waals surface area contributed by atoms with Gasteiger partial charge in [0, 0.05) is 31.2 Å². The summed E-state index contributed by atoms with van der Waals surface area (Å²) in [6.45, 7) is 6.85. The quantitative estimate of drug-likeness (QED) is 0.346. The summed E-state index contributed by atoms with van der Waals surface area (Å²) in [6.07, 6.45) is 1.23. The molecule has 0 spiro atoms. The van der Waals surface area contributed by atoms with Crippen LogP contribution in [0.4, 0.5) is 14.7 Å². The van der Waals surface area contributed by atoms with Crippen molar-refractivity contribution in [2.75, 3.05) is 18.9 Å². The number of hydrogen-bond acceptors (Lipinski definition) is 9. The fourth-order valence-electron chi connectivity index (χ4n) is 4.68. The standard InChI is InChI=1S/C26H34F2N6O5S/c1-15(2)39-22(23-29-13-16(3)14-30-23)17(4)40(35,36)33-25-32-31-24(18-10-11-26(27,28)12-18)34(25)21-19(37-5)8-7-9-20(21)38-6/h7-9,13-15,17-18,22H,10-12H2,1-6H3,(H,32,33)/t17-,18-,22+/m0/s1. The normalized spacial score (nSPS) is 18.5.